The Kier molecular flexibility index (Phi) is 6.48. The van der Waals surface area contributed by atoms with E-state index in [4.69, 9.17) is 9.26 Å². The van der Waals surface area contributed by atoms with Gasteiger partial charge in [-0.1, -0.05) is 29.4 Å². The zero-order valence-electron chi connectivity index (χ0n) is 23.6. The van der Waals surface area contributed by atoms with E-state index in [-0.39, 0.29) is 28.3 Å². The predicted octanol–water partition coefficient (Wildman–Crippen LogP) is 7.96. The molecular formula is C33H30F3N3O4. The van der Waals surface area contributed by atoms with Crippen LogP contribution in [-0.2, 0) is 6.18 Å². The number of carboxylic acids is 1. The minimum atomic E-state index is -4.49. The Labute approximate surface area is 246 Å². The quantitative estimate of drug-likeness (QED) is 0.234. The second kappa shape index (κ2) is 10.1. The topological polar surface area (TPSA) is 88.7 Å². The number of carboxylic acid groups (broad SMARTS) is 1. The summed E-state index contributed by atoms with van der Waals surface area (Å²) in [7, 11) is 0. The highest BCUT2D eigenvalue weighted by Crippen LogP contribution is 2.56. The van der Waals surface area contributed by atoms with Crippen LogP contribution >= 0.6 is 0 Å². The molecule has 2 fully saturated rings. The molecule has 3 aliphatic rings. The van der Waals surface area contributed by atoms with Crippen LogP contribution in [0, 0.1) is 5.41 Å². The molecule has 43 heavy (non-hydrogen) atoms. The smallest absolute Gasteiger partial charge is 0.417 e. The van der Waals surface area contributed by atoms with Crippen molar-refractivity contribution in [2.24, 2.45) is 5.41 Å². The van der Waals surface area contributed by atoms with E-state index in [2.05, 4.69) is 21.1 Å². The number of ether oxygens (including phenoxy) is 1. The van der Waals surface area contributed by atoms with Gasteiger partial charge in [-0.15, -0.1) is 0 Å². The average Bonchev–Trinajstić information content (AvgIpc) is 3.73. The van der Waals surface area contributed by atoms with Crippen LogP contribution in [0.5, 0.6) is 5.75 Å². The molecule has 0 amide bonds. The standard InChI is InChI=1S/C33H30F3N3O4/c1-2-42-27-16-26(31(40)41)37-25-10-9-21(15-23(25)27)39-13-11-32(12-14-39)17-20(18-32)28-29(38-43-30(28)19-7-8-19)22-5-3-4-6-24(22)33(34,35)36/h3-6,9-10,15-17,19H,2,7-8,11-14,18H2,1H3,(H,40,41). The molecule has 3 heterocycles. The Morgan fingerprint density at radius 2 is 1.88 bits per heavy atom. The van der Waals surface area contributed by atoms with Gasteiger partial charge in [0.15, 0.2) is 5.69 Å². The van der Waals surface area contributed by atoms with Gasteiger partial charge in [0.1, 0.15) is 17.2 Å². The third-order valence-corrected chi connectivity index (χ3v) is 8.90. The van der Waals surface area contributed by atoms with Crippen molar-refractivity contribution < 1.29 is 32.3 Å². The van der Waals surface area contributed by atoms with Crippen LogP contribution in [0.1, 0.15) is 72.3 Å². The van der Waals surface area contributed by atoms with Crippen molar-refractivity contribution in [3.8, 4) is 17.0 Å². The van der Waals surface area contributed by atoms with Gasteiger partial charge in [0.25, 0.3) is 0 Å². The first-order valence-electron chi connectivity index (χ1n) is 14.6. The highest BCUT2D eigenvalue weighted by molar-refractivity contribution is 5.94. The number of aromatic nitrogens is 2. The van der Waals surface area contributed by atoms with E-state index in [0.29, 0.717) is 23.6 Å². The first-order valence-corrected chi connectivity index (χ1v) is 14.6. The van der Waals surface area contributed by atoms with E-state index in [9.17, 15) is 23.1 Å². The van der Waals surface area contributed by atoms with Crippen molar-refractivity contribution in [2.75, 3.05) is 24.6 Å². The molecule has 0 bridgehead atoms. The van der Waals surface area contributed by atoms with Crippen LogP contribution < -0.4 is 9.64 Å². The van der Waals surface area contributed by atoms with Crippen molar-refractivity contribution in [1.29, 1.82) is 0 Å². The average molecular weight is 590 g/mol. The van der Waals surface area contributed by atoms with E-state index in [0.717, 1.165) is 73.5 Å². The SMILES string of the molecule is CCOc1cc(C(=O)O)nc2ccc(N3CCC4(C=C(c5c(-c6ccccc6C(F)(F)F)noc5C5CC5)C4)CC3)cc12. The number of benzene rings is 2. The Morgan fingerprint density at radius 1 is 1.14 bits per heavy atom. The van der Waals surface area contributed by atoms with Crippen LogP contribution in [0.4, 0.5) is 18.9 Å². The third-order valence-electron chi connectivity index (χ3n) is 8.90. The number of alkyl halides is 3. The number of nitrogens with zero attached hydrogens (tertiary/aromatic N) is 3. The predicted molar refractivity (Wildman–Crippen MR) is 155 cm³/mol. The van der Waals surface area contributed by atoms with E-state index < -0.39 is 17.7 Å². The fourth-order valence-corrected chi connectivity index (χ4v) is 6.53. The molecule has 1 saturated heterocycles. The summed E-state index contributed by atoms with van der Waals surface area (Å²) in [6.45, 7) is 3.87. The number of fused-ring (bicyclic) bond motifs is 1. The summed E-state index contributed by atoms with van der Waals surface area (Å²) in [5.74, 6) is 0.318. The van der Waals surface area contributed by atoms with Crippen LogP contribution in [0.2, 0.25) is 0 Å². The van der Waals surface area contributed by atoms with Crippen molar-refractivity contribution in [3.05, 3.63) is 77.2 Å². The summed E-state index contributed by atoms with van der Waals surface area (Å²) in [4.78, 5) is 18.1. The molecule has 4 aromatic rings. The molecular weight excluding hydrogens is 559 g/mol. The lowest BCUT2D eigenvalue weighted by Gasteiger charge is -2.47. The Hall–Kier alpha value is -4.34. The van der Waals surface area contributed by atoms with Gasteiger partial charge in [-0.25, -0.2) is 9.78 Å². The summed E-state index contributed by atoms with van der Waals surface area (Å²) in [5.41, 5.74) is 2.92. The fraction of sp³-hybridized carbons (Fsp3) is 0.364. The Morgan fingerprint density at radius 3 is 2.56 bits per heavy atom. The number of hydrogen-bond acceptors (Lipinski definition) is 6. The highest BCUT2D eigenvalue weighted by atomic mass is 19.4. The van der Waals surface area contributed by atoms with Gasteiger partial charge in [-0.3, -0.25) is 0 Å². The molecule has 7 nitrogen and oxygen atoms in total. The zero-order valence-corrected chi connectivity index (χ0v) is 23.6. The molecule has 10 heteroatoms. The Bertz CT molecular complexity index is 1770. The van der Waals surface area contributed by atoms with Gasteiger partial charge in [0.2, 0.25) is 0 Å². The van der Waals surface area contributed by atoms with Gasteiger partial charge >= 0.3 is 12.1 Å². The maximum absolute atomic E-state index is 13.9. The summed E-state index contributed by atoms with van der Waals surface area (Å²) >= 11 is 0. The number of rotatable bonds is 7. The van der Waals surface area contributed by atoms with Crippen LogP contribution in [0.15, 0.2) is 59.1 Å². The largest absolute Gasteiger partial charge is 0.493 e. The molecule has 1 aliphatic heterocycles. The van der Waals surface area contributed by atoms with Gasteiger partial charge in [0, 0.05) is 47.3 Å². The molecule has 2 aromatic carbocycles. The maximum Gasteiger partial charge on any atom is 0.417 e. The lowest BCUT2D eigenvalue weighted by molar-refractivity contribution is -0.137. The zero-order chi connectivity index (χ0) is 29.9. The fourth-order valence-electron chi connectivity index (χ4n) is 6.53. The second-order valence-electron chi connectivity index (χ2n) is 11.7. The molecule has 2 aliphatic carbocycles. The summed E-state index contributed by atoms with van der Waals surface area (Å²) in [5, 5.41) is 14.4. The molecule has 0 radical (unpaired) electrons. The minimum Gasteiger partial charge on any atom is -0.493 e. The van der Waals surface area contributed by atoms with Crippen molar-refractivity contribution in [2.45, 2.75) is 51.1 Å². The molecule has 7 rings (SSSR count). The number of piperidine rings is 1. The first kappa shape index (κ1) is 27.5. The third kappa shape index (κ3) is 4.92. The Balaban J connectivity index is 1.14. The van der Waals surface area contributed by atoms with E-state index in [1.54, 1.807) is 6.07 Å². The normalized spacial score (nSPS) is 18.0. The molecule has 1 saturated carbocycles. The van der Waals surface area contributed by atoms with Crippen LogP contribution in [0.25, 0.3) is 27.7 Å². The molecule has 1 spiro atoms. The van der Waals surface area contributed by atoms with Crippen molar-refractivity contribution in [3.63, 3.8) is 0 Å². The maximum atomic E-state index is 13.9. The monoisotopic (exact) mass is 589 g/mol. The van der Waals surface area contributed by atoms with Crippen LogP contribution in [0.3, 0.4) is 0 Å². The number of halogens is 3. The summed E-state index contributed by atoms with van der Waals surface area (Å²) in [6, 6.07) is 12.8. The summed E-state index contributed by atoms with van der Waals surface area (Å²) < 4.78 is 53.1. The minimum absolute atomic E-state index is 0.0178. The number of carbonyl (C=O) groups is 1. The molecule has 1 N–H and O–H groups in total. The molecule has 0 atom stereocenters. The van der Waals surface area contributed by atoms with E-state index in [1.165, 1.54) is 18.2 Å². The lowest BCUT2D eigenvalue weighted by atomic mass is 9.63. The van der Waals surface area contributed by atoms with Gasteiger partial charge in [-0.2, -0.15) is 13.2 Å². The van der Waals surface area contributed by atoms with Gasteiger partial charge in [-0.05, 0) is 74.3 Å². The lowest BCUT2D eigenvalue weighted by Crippen LogP contribution is -2.42. The van der Waals surface area contributed by atoms with Crippen molar-refractivity contribution >= 4 is 28.1 Å². The molecule has 0 unspecified atom stereocenters. The second-order valence-corrected chi connectivity index (χ2v) is 11.7. The van der Waals surface area contributed by atoms with Gasteiger partial charge in [0.05, 0.1) is 17.7 Å². The number of pyridine rings is 1. The first-order chi connectivity index (χ1) is 20.7. The van der Waals surface area contributed by atoms with E-state index in [1.807, 2.05) is 25.1 Å². The number of anilines is 1. The molecule has 2 aromatic heterocycles. The number of allylic oxidation sites excluding steroid dienone is 2. The highest BCUT2D eigenvalue weighted by Gasteiger charge is 2.45. The van der Waals surface area contributed by atoms with Gasteiger partial charge < -0.3 is 19.3 Å². The number of hydrogen-bond donors (Lipinski definition) is 1. The summed E-state index contributed by atoms with van der Waals surface area (Å²) in [6.07, 6.45) is 2.25. The number of aromatic carboxylic acids is 1. The van der Waals surface area contributed by atoms with Crippen LogP contribution in [-0.4, -0.2) is 40.9 Å². The van der Waals surface area contributed by atoms with E-state index >= 15 is 0 Å². The van der Waals surface area contributed by atoms with Crippen molar-refractivity contribution in [1.82, 2.24) is 10.1 Å². The molecule has 222 valence electrons.